The third kappa shape index (κ3) is 5.90. The summed E-state index contributed by atoms with van der Waals surface area (Å²) in [6.07, 6.45) is -4.63. The molecule has 0 bridgehead atoms. The highest BCUT2D eigenvalue weighted by molar-refractivity contribution is 7.92. The molecule has 0 unspecified atom stereocenters. The van der Waals surface area contributed by atoms with Crippen molar-refractivity contribution < 1.29 is 26.4 Å². The number of nitrogens with one attached hydrogen (secondary N) is 1. The third-order valence-corrected chi connectivity index (χ3v) is 7.15. The fourth-order valence-electron chi connectivity index (χ4n) is 3.18. The van der Waals surface area contributed by atoms with Gasteiger partial charge in [0.25, 0.3) is 10.0 Å². The zero-order chi connectivity index (χ0) is 25.1. The molecular weight excluding hydrogens is 489 g/mol. The topological polar surface area (TPSA) is 66.5 Å². The Morgan fingerprint density at radius 2 is 1.62 bits per heavy atom. The van der Waals surface area contributed by atoms with E-state index in [9.17, 15) is 26.4 Å². The van der Waals surface area contributed by atoms with Gasteiger partial charge in [-0.25, -0.2) is 8.42 Å². The van der Waals surface area contributed by atoms with Crippen molar-refractivity contribution in [3.8, 4) is 0 Å². The van der Waals surface area contributed by atoms with Crippen LogP contribution in [0, 0.1) is 0 Å². The Bertz CT molecular complexity index is 1260. The SMILES string of the molecule is CC(C)c1ccc(N(CC(=O)Nc2cc(C(F)(F)F)ccc2Cl)S(=O)(=O)c2ccccc2)cc1. The number of amides is 1. The Labute approximate surface area is 201 Å². The van der Waals surface area contributed by atoms with Crippen LogP contribution in [0.25, 0.3) is 0 Å². The van der Waals surface area contributed by atoms with Crippen LogP contribution in [0.15, 0.2) is 77.7 Å². The maximum absolute atomic E-state index is 13.4. The average Bonchev–Trinajstić information content (AvgIpc) is 2.78. The van der Waals surface area contributed by atoms with Gasteiger partial charge in [-0.15, -0.1) is 0 Å². The van der Waals surface area contributed by atoms with Gasteiger partial charge >= 0.3 is 6.18 Å². The van der Waals surface area contributed by atoms with Gasteiger partial charge in [-0.1, -0.05) is 55.8 Å². The molecule has 0 radical (unpaired) electrons. The highest BCUT2D eigenvalue weighted by Crippen LogP contribution is 2.34. The van der Waals surface area contributed by atoms with Crippen LogP contribution < -0.4 is 9.62 Å². The van der Waals surface area contributed by atoms with Crippen LogP contribution >= 0.6 is 11.6 Å². The molecule has 3 aromatic carbocycles. The van der Waals surface area contributed by atoms with Gasteiger partial charge in [0.05, 0.1) is 26.9 Å². The Morgan fingerprint density at radius 3 is 2.18 bits per heavy atom. The van der Waals surface area contributed by atoms with E-state index in [-0.39, 0.29) is 27.2 Å². The van der Waals surface area contributed by atoms with E-state index in [1.807, 2.05) is 13.8 Å². The summed E-state index contributed by atoms with van der Waals surface area (Å²) in [6.45, 7) is 3.30. The predicted molar refractivity (Wildman–Crippen MR) is 127 cm³/mol. The quantitative estimate of drug-likeness (QED) is 0.404. The number of benzene rings is 3. The molecular formula is C24H22ClF3N2O3S. The number of carbonyl (C=O) groups excluding carboxylic acids is 1. The molecule has 0 aliphatic carbocycles. The van der Waals surface area contributed by atoms with Crippen molar-refractivity contribution in [2.75, 3.05) is 16.2 Å². The van der Waals surface area contributed by atoms with Crippen molar-refractivity contribution in [2.45, 2.75) is 30.8 Å². The minimum absolute atomic E-state index is 0.0344. The third-order valence-electron chi connectivity index (χ3n) is 5.03. The highest BCUT2D eigenvalue weighted by Gasteiger charge is 2.32. The van der Waals surface area contributed by atoms with Crippen LogP contribution in [0.1, 0.15) is 30.9 Å². The number of sulfonamides is 1. The summed E-state index contributed by atoms with van der Waals surface area (Å²) >= 11 is 5.96. The number of rotatable bonds is 7. The molecule has 0 atom stereocenters. The summed E-state index contributed by atoms with van der Waals surface area (Å²) in [5.41, 5.74) is -0.0569. The van der Waals surface area contributed by atoms with Crippen molar-refractivity contribution >= 4 is 38.9 Å². The zero-order valence-electron chi connectivity index (χ0n) is 18.3. The van der Waals surface area contributed by atoms with Crippen molar-refractivity contribution in [2.24, 2.45) is 0 Å². The summed E-state index contributed by atoms with van der Waals surface area (Å²) in [4.78, 5) is 12.8. The van der Waals surface area contributed by atoms with E-state index < -0.39 is 34.2 Å². The summed E-state index contributed by atoms with van der Waals surface area (Å²) in [5, 5.41) is 2.19. The van der Waals surface area contributed by atoms with E-state index >= 15 is 0 Å². The van der Waals surface area contributed by atoms with Crippen molar-refractivity contribution in [3.05, 3.63) is 88.9 Å². The molecule has 3 aromatic rings. The number of carbonyl (C=O) groups is 1. The van der Waals surface area contributed by atoms with Gasteiger partial charge in [-0.05, 0) is 53.9 Å². The van der Waals surface area contributed by atoms with Crippen LogP contribution in [-0.4, -0.2) is 20.9 Å². The van der Waals surface area contributed by atoms with E-state index in [0.717, 1.165) is 22.0 Å². The van der Waals surface area contributed by atoms with Gasteiger partial charge in [-0.2, -0.15) is 13.2 Å². The van der Waals surface area contributed by atoms with Crippen molar-refractivity contribution in [1.82, 2.24) is 0 Å². The molecule has 5 nitrogen and oxygen atoms in total. The molecule has 0 aromatic heterocycles. The van der Waals surface area contributed by atoms with E-state index in [1.165, 1.54) is 12.1 Å². The van der Waals surface area contributed by atoms with E-state index in [1.54, 1.807) is 42.5 Å². The molecule has 1 amide bonds. The Balaban J connectivity index is 1.95. The molecule has 10 heteroatoms. The summed E-state index contributed by atoms with van der Waals surface area (Å²) < 4.78 is 66.8. The van der Waals surface area contributed by atoms with Gasteiger partial charge < -0.3 is 5.32 Å². The maximum atomic E-state index is 13.4. The maximum Gasteiger partial charge on any atom is 0.416 e. The average molecular weight is 511 g/mol. The molecule has 0 fully saturated rings. The molecule has 0 aliphatic heterocycles. The predicted octanol–water partition coefficient (Wildman–Crippen LogP) is 6.32. The molecule has 1 N–H and O–H groups in total. The molecule has 34 heavy (non-hydrogen) atoms. The standard InChI is InChI=1S/C24H22ClF3N2O3S/c1-16(2)17-8-11-19(12-9-17)30(34(32,33)20-6-4-3-5-7-20)15-23(31)29-22-14-18(24(26,27)28)10-13-21(22)25/h3-14,16H,15H2,1-2H3,(H,29,31). The van der Waals surface area contributed by atoms with Crippen LogP contribution in [0.3, 0.4) is 0 Å². The Kier molecular flexibility index (Phi) is 7.57. The number of alkyl halides is 3. The normalized spacial score (nSPS) is 12.0. The zero-order valence-corrected chi connectivity index (χ0v) is 19.9. The second-order valence-corrected chi connectivity index (χ2v) is 10.1. The monoisotopic (exact) mass is 510 g/mol. The van der Waals surface area contributed by atoms with Crippen LogP contribution in [-0.2, 0) is 21.0 Å². The first-order valence-electron chi connectivity index (χ1n) is 10.2. The van der Waals surface area contributed by atoms with Gasteiger partial charge in [0.15, 0.2) is 0 Å². The fourth-order valence-corrected chi connectivity index (χ4v) is 4.78. The smallest absolute Gasteiger partial charge is 0.323 e. The number of halogens is 4. The van der Waals surface area contributed by atoms with E-state index in [0.29, 0.717) is 6.07 Å². The summed E-state index contributed by atoms with van der Waals surface area (Å²) in [7, 11) is -4.16. The van der Waals surface area contributed by atoms with Crippen molar-refractivity contribution in [3.63, 3.8) is 0 Å². The number of anilines is 2. The number of hydrogen-bond acceptors (Lipinski definition) is 3. The van der Waals surface area contributed by atoms with Gasteiger partial charge in [-0.3, -0.25) is 9.10 Å². The van der Waals surface area contributed by atoms with Crippen molar-refractivity contribution in [1.29, 1.82) is 0 Å². The van der Waals surface area contributed by atoms with E-state index in [2.05, 4.69) is 5.32 Å². The first-order valence-corrected chi connectivity index (χ1v) is 12.1. The largest absolute Gasteiger partial charge is 0.416 e. The van der Waals surface area contributed by atoms with Gasteiger partial charge in [0.2, 0.25) is 5.91 Å². The van der Waals surface area contributed by atoms with Gasteiger partial charge in [0, 0.05) is 0 Å². The van der Waals surface area contributed by atoms with Crippen LogP contribution in [0.2, 0.25) is 5.02 Å². The first-order chi connectivity index (χ1) is 15.9. The highest BCUT2D eigenvalue weighted by atomic mass is 35.5. The number of hydrogen-bond donors (Lipinski definition) is 1. The van der Waals surface area contributed by atoms with Gasteiger partial charge in [0.1, 0.15) is 6.54 Å². The first kappa shape index (κ1) is 25.6. The summed E-state index contributed by atoms with van der Waals surface area (Å²) in [6, 6.07) is 16.7. The Hall–Kier alpha value is -3.04. The Morgan fingerprint density at radius 1 is 1.00 bits per heavy atom. The lowest BCUT2D eigenvalue weighted by molar-refractivity contribution is -0.137. The lowest BCUT2D eigenvalue weighted by atomic mass is 10.0. The second kappa shape index (κ2) is 10.1. The van der Waals surface area contributed by atoms with Crippen LogP contribution in [0.5, 0.6) is 0 Å². The molecule has 0 spiro atoms. The minimum Gasteiger partial charge on any atom is -0.323 e. The van der Waals surface area contributed by atoms with Crippen LogP contribution in [0.4, 0.5) is 24.5 Å². The molecule has 3 rings (SSSR count). The molecule has 180 valence electrons. The lowest BCUT2D eigenvalue weighted by Gasteiger charge is -2.24. The molecule has 0 saturated carbocycles. The molecule has 0 saturated heterocycles. The molecule has 0 heterocycles. The number of nitrogens with zero attached hydrogens (tertiary/aromatic N) is 1. The van der Waals surface area contributed by atoms with E-state index in [4.69, 9.17) is 11.6 Å². The summed E-state index contributed by atoms with van der Waals surface area (Å²) in [5.74, 6) is -0.645. The molecule has 0 aliphatic rings. The lowest BCUT2D eigenvalue weighted by Crippen LogP contribution is -2.38. The minimum atomic E-state index is -4.63. The fraction of sp³-hybridized carbons (Fsp3) is 0.208. The second-order valence-electron chi connectivity index (χ2n) is 7.81.